The molecule has 5 heterocycles. The van der Waals surface area contributed by atoms with Crippen LogP contribution in [0.15, 0.2) is 36.9 Å². The zero-order chi connectivity index (χ0) is 24.5. The summed E-state index contributed by atoms with van der Waals surface area (Å²) in [5, 5.41) is 17.1. The fourth-order valence-corrected chi connectivity index (χ4v) is 5.22. The SMILES string of the molecule is Cc1ncc(NC(=O)CN2CC(C)OC(C)C2)cc1NC(=O)c1cnn2cc(-c3cc[nH]n3)sc12. The summed E-state index contributed by atoms with van der Waals surface area (Å²) in [5.74, 6) is -0.447. The molecule has 1 aliphatic rings. The highest BCUT2D eigenvalue weighted by Crippen LogP contribution is 2.29. The molecule has 0 bridgehead atoms. The first-order valence-electron chi connectivity index (χ1n) is 11.3. The minimum Gasteiger partial charge on any atom is -0.373 e. The number of amides is 2. The van der Waals surface area contributed by atoms with Gasteiger partial charge in [0, 0.05) is 25.5 Å². The van der Waals surface area contributed by atoms with Crippen LogP contribution in [-0.4, -0.2) is 73.4 Å². The van der Waals surface area contributed by atoms with E-state index in [0.29, 0.717) is 40.6 Å². The minimum atomic E-state index is -0.305. The Morgan fingerprint density at radius 1 is 1.23 bits per heavy atom. The maximum atomic E-state index is 13.1. The Kier molecular flexibility index (Phi) is 6.32. The Morgan fingerprint density at radius 2 is 2.03 bits per heavy atom. The maximum absolute atomic E-state index is 13.1. The van der Waals surface area contributed by atoms with Crippen LogP contribution in [0.1, 0.15) is 29.9 Å². The number of ether oxygens (including phenoxy) is 1. The molecule has 4 aromatic rings. The Morgan fingerprint density at radius 3 is 2.77 bits per heavy atom. The normalized spacial score (nSPS) is 18.6. The summed E-state index contributed by atoms with van der Waals surface area (Å²) in [6, 6.07) is 3.58. The van der Waals surface area contributed by atoms with Gasteiger partial charge in [0.25, 0.3) is 5.91 Å². The van der Waals surface area contributed by atoms with Gasteiger partial charge in [0.05, 0.1) is 58.7 Å². The van der Waals surface area contributed by atoms with Crippen molar-refractivity contribution in [3.05, 3.63) is 48.2 Å². The van der Waals surface area contributed by atoms with Crippen molar-refractivity contribution in [1.29, 1.82) is 0 Å². The number of thiazole rings is 1. The van der Waals surface area contributed by atoms with Crippen LogP contribution in [0.25, 0.3) is 15.4 Å². The predicted octanol–water partition coefficient (Wildman–Crippen LogP) is 2.79. The summed E-state index contributed by atoms with van der Waals surface area (Å²) in [4.78, 5) is 33.7. The average Bonchev–Trinajstić information content (AvgIpc) is 3.52. The first-order valence-corrected chi connectivity index (χ1v) is 12.1. The highest BCUT2D eigenvalue weighted by Gasteiger charge is 2.24. The molecule has 182 valence electrons. The van der Waals surface area contributed by atoms with Crippen LogP contribution in [0, 0.1) is 6.92 Å². The van der Waals surface area contributed by atoms with Gasteiger partial charge in [0.2, 0.25) is 5.91 Å². The number of morpholine rings is 1. The Balaban J connectivity index is 1.27. The molecule has 3 N–H and O–H groups in total. The quantitative estimate of drug-likeness (QED) is 0.376. The van der Waals surface area contributed by atoms with Crippen molar-refractivity contribution in [2.75, 3.05) is 30.3 Å². The zero-order valence-corrected chi connectivity index (χ0v) is 20.4. The van der Waals surface area contributed by atoms with Crippen molar-refractivity contribution in [3.8, 4) is 10.6 Å². The van der Waals surface area contributed by atoms with Gasteiger partial charge in [0.15, 0.2) is 0 Å². The number of nitrogens with zero attached hydrogens (tertiary/aromatic N) is 5. The fourth-order valence-electron chi connectivity index (χ4n) is 4.19. The number of aromatic nitrogens is 5. The van der Waals surface area contributed by atoms with E-state index in [1.54, 1.807) is 29.9 Å². The second-order valence-corrected chi connectivity index (χ2v) is 9.70. The van der Waals surface area contributed by atoms with E-state index in [2.05, 4.69) is 35.8 Å². The number of aromatic amines is 1. The lowest BCUT2D eigenvalue weighted by Gasteiger charge is -2.34. The number of fused-ring (bicyclic) bond motifs is 1. The standard InChI is InChI=1S/C23H26N8O3S/c1-13-9-30(10-14(2)34-13)12-21(32)27-16-6-19(15(3)24-7-16)28-22(33)17-8-26-31-11-20(35-23(17)31)18-4-5-25-29-18/h4-8,11,13-14H,9-10,12H2,1-3H3,(H,25,29)(H,27,32)(H,28,33). The van der Waals surface area contributed by atoms with Crippen LogP contribution < -0.4 is 10.6 Å². The maximum Gasteiger partial charge on any atom is 0.260 e. The number of anilines is 2. The number of pyridine rings is 1. The predicted molar refractivity (Wildman–Crippen MR) is 133 cm³/mol. The van der Waals surface area contributed by atoms with Gasteiger partial charge >= 0.3 is 0 Å². The lowest BCUT2D eigenvalue weighted by molar-refractivity contribution is -0.121. The summed E-state index contributed by atoms with van der Waals surface area (Å²) in [5.41, 5.74) is 2.91. The average molecular weight is 495 g/mol. The molecule has 2 amide bonds. The number of carbonyl (C=O) groups excluding carboxylic acids is 2. The molecule has 35 heavy (non-hydrogen) atoms. The highest BCUT2D eigenvalue weighted by atomic mass is 32.1. The van der Waals surface area contributed by atoms with Gasteiger partial charge < -0.3 is 15.4 Å². The number of carbonyl (C=O) groups is 2. The molecule has 0 aromatic carbocycles. The van der Waals surface area contributed by atoms with Crippen LogP contribution in [0.4, 0.5) is 11.4 Å². The molecule has 0 radical (unpaired) electrons. The first kappa shape index (κ1) is 23.1. The van der Waals surface area contributed by atoms with E-state index in [-0.39, 0.29) is 30.6 Å². The Labute approximate surface area is 205 Å². The first-order chi connectivity index (χ1) is 16.9. The van der Waals surface area contributed by atoms with Crippen LogP contribution in [0.2, 0.25) is 0 Å². The van der Waals surface area contributed by atoms with Crippen LogP contribution in [0.3, 0.4) is 0 Å². The fraction of sp³-hybridized carbons (Fsp3) is 0.348. The lowest BCUT2D eigenvalue weighted by atomic mass is 10.2. The molecule has 0 saturated carbocycles. The van der Waals surface area contributed by atoms with Crippen molar-refractivity contribution in [2.24, 2.45) is 0 Å². The van der Waals surface area contributed by atoms with E-state index < -0.39 is 0 Å². The van der Waals surface area contributed by atoms with Crippen molar-refractivity contribution in [1.82, 2.24) is 29.7 Å². The van der Waals surface area contributed by atoms with Crippen molar-refractivity contribution in [3.63, 3.8) is 0 Å². The molecule has 2 unspecified atom stereocenters. The van der Waals surface area contributed by atoms with Gasteiger partial charge in [-0.25, -0.2) is 4.52 Å². The molecule has 1 aliphatic heterocycles. The number of aryl methyl sites for hydroxylation is 1. The van der Waals surface area contributed by atoms with Crippen molar-refractivity contribution in [2.45, 2.75) is 33.0 Å². The third-order valence-electron chi connectivity index (χ3n) is 5.68. The van der Waals surface area contributed by atoms with Crippen LogP contribution in [0.5, 0.6) is 0 Å². The lowest BCUT2D eigenvalue weighted by Crippen LogP contribution is -2.48. The minimum absolute atomic E-state index is 0.0865. The largest absolute Gasteiger partial charge is 0.373 e. The van der Waals surface area contributed by atoms with Gasteiger partial charge in [-0.15, -0.1) is 11.3 Å². The van der Waals surface area contributed by atoms with Gasteiger partial charge in [-0.2, -0.15) is 10.2 Å². The number of H-pyrrole nitrogens is 1. The molecule has 0 aliphatic carbocycles. The van der Waals surface area contributed by atoms with E-state index >= 15 is 0 Å². The summed E-state index contributed by atoms with van der Waals surface area (Å²) in [6.45, 7) is 7.47. The van der Waals surface area contributed by atoms with E-state index in [0.717, 1.165) is 10.6 Å². The molecule has 12 heteroatoms. The molecule has 0 spiro atoms. The molecule has 1 saturated heterocycles. The second-order valence-electron chi connectivity index (χ2n) is 8.67. The molecule has 5 rings (SSSR count). The van der Waals surface area contributed by atoms with E-state index in [1.165, 1.54) is 17.5 Å². The topological polar surface area (TPSA) is 130 Å². The zero-order valence-electron chi connectivity index (χ0n) is 19.6. The third-order valence-corrected chi connectivity index (χ3v) is 6.81. The number of hydrogen-bond acceptors (Lipinski definition) is 8. The van der Waals surface area contributed by atoms with Gasteiger partial charge in [-0.1, -0.05) is 0 Å². The van der Waals surface area contributed by atoms with Gasteiger partial charge in [-0.3, -0.25) is 24.6 Å². The number of hydrogen-bond donors (Lipinski definition) is 3. The van der Waals surface area contributed by atoms with Crippen molar-refractivity contribution < 1.29 is 14.3 Å². The Hall–Kier alpha value is -3.61. The summed E-state index contributed by atoms with van der Waals surface area (Å²) < 4.78 is 7.39. The highest BCUT2D eigenvalue weighted by molar-refractivity contribution is 7.21. The van der Waals surface area contributed by atoms with Crippen LogP contribution >= 0.6 is 11.3 Å². The van der Waals surface area contributed by atoms with E-state index in [9.17, 15) is 9.59 Å². The molecular weight excluding hydrogens is 468 g/mol. The third kappa shape index (κ3) is 5.09. The molecule has 2 atom stereocenters. The summed E-state index contributed by atoms with van der Waals surface area (Å²) >= 11 is 1.43. The molecule has 4 aromatic heterocycles. The number of nitrogens with one attached hydrogen (secondary N) is 3. The summed E-state index contributed by atoms with van der Waals surface area (Å²) in [6.07, 6.45) is 6.88. The smallest absolute Gasteiger partial charge is 0.260 e. The second kappa shape index (κ2) is 9.56. The van der Waals surface area contributed by atoms with E-state index in [1.807, 2.05) is 26.1 Å². The molecule has 1 fully saturated rings. The summed E-state index contributed by atoms with van der Waals surface area (Å²) in [7, 11) is 0. The molecular formula is C23H26N8O3S. The van der Waals surface area contributed by atoms with E-state index in [4.69, 9.17) is 4.74 Å². The molecule has 11 nitrogen and oxygen atoms in total. The Bertz CT molecular complexity index is 1350. The van der Waals surface area contributed by atoms with Crippen molar-refractivity contribution >= 4 is 39.4 Å². The van der Waals surface area contributed by atoms with Gasteiger partial charge in [-0.05, 0) is 32.9 Å². The van der Waals surface area contributed by atoms with Gasteiger partial charge in [0.1, 0.15) is 10.5 Å². The van der Waals surface area contributed by atoms with Crippen LogP contribution in [-0.2, 0) is 9.53 Å². The number of rotatable bonds is 6. The monoisotopic (exact) mass is 494 g/mol.